The van der Waals surface area contributed by atoms with E-state index in [9.17, 15) is 0 Å². The van der Waals surface area contributed by atoms with Crippen molar-refractivity contribution in [1.29, 1.82) is 0 Å². The average molecular weight is 1660 g/mol. The summed E-state index contributed by atoms with van der Waals surface area (Å²) in [6.07, 6.45) is 20.4. The Hall–Kier alpha value is -0.560. The zero-order valence-electron chi connectivity index (χ0n) is 86.4. The average Bonchev–Trinajstić information content (AvgIpc) is 1.55. The molecule has 18 aliphatic heterocycles. The molecule has 10 unspecified atom stereocenters. The molecule has 18 fully saturated rings. The van der Waals surface area contributed by atoms with Crippen molar-refractivity contribution < 1.29 is 35.9 Å². The number of nitrogens with zero attached hydrogens (tertiary/aromatic N) is 14. The smallest absolute Gasteiger partial charge is 0.104 e. The monoisotopic (exact) mass is 1660 g/mol. The van der Waals surface area contributed by atoms with Gasteiger partial charge in [0.15, 0.2) is 0 Å². The van der Waals surface area contributed by atoms with Gasteiger partial charge in [-0.1, -0.05) is 27.7 Å². The van der Waals surface area contributed by atoms with Gasteiger partial charge in [0.1, 0.15) is 12.1 Å². The molecule has 18 saturated heterocycles. The summed E-state index contributed by atoms with van der Waals surface area (Å²) in [7, 11) is 7.36. The van der Waals surface area contributed by atoms with Crippen LogP contribution in [-0.4, -0.2) is 384 Å². The van der Waals surface area contributed by atoms with E-state index >= 15 is 0 Å². The van der Waals surface area contributed by atoms with E-state index < -0.39 is 0 Å². The Labute approximate surface area is 738 Å². The SMILES string of the molecule is CC(C)C12CC[N+](C(C)C)(CC1)C2.CC(C)C1C[N+]2(C(C)C)CCC1CC2.CC(C)N1CC2CC1C[N+]2(C)C(C)C.CC(C)N1CC2C[N+](C)(C(C)C)CC2C1.CC(C)N1CCC2(CC1)CC[N+](C)(C(C)C)CC2.CC(C)N1CC[N+]2(C(C)C)CCC1C2.CC(C)N1CC[N+]2(C(C)C)CCC1CC2.CC(C)N1CC[N+]2(C(C)C)CCCC2C1. The highest BCUT2D eigenvalue weighted by Crippen LogP contribution is 2.52. The molecule has 0 aromatic heterocycles. The molecule has 18 heterocycles. The van der Waals surface area contributed by atoms with Gasteiger partial charge in [0.2, 0.25) is 0 Å². The first-order chi connectivity index (χ1) is 55.0. The fraction of sp³-hybridized carbons (Fsp3) is 1.00. The number of hydrogen-bond acceptors (Lipinski definition) is 6. The van der Waals surface area contributed by atoms with Crippen LogP contribution in [-0.2, 0) is 0 Å². The van der Waals surface area contributed by atoms with Crippen LogP contribution < -0.4 is 0 Å². The summed E-state index contributed by atoms with van der Waals surface area (Å²) in [6.45, 7) is 115. The standard InChI is InChI=1S/C16H33N2.3C13H27N2.C13H26N.2C12H25N2.C12H24N/c1-14(2)17-10-6-16(7-11-17)8-12-18(5,13-9-16)15(3)4;1-10(2)14-6-12-8-15(5,11(3)4)9-13(12)7-14;1-11(2)14-7-10-15(12(3)4)8-5-13(14)6-9-15;1-11(2)14-7-9-15(12(3)4)8-5-6-13(15)10-14;1-10(2)13-9-14(11(3)4)7-5-12(13)6-8-14;1-9(2)13-7-12-6-11(13)8-14(12,5)10(3)4;1-10(2)13-6-8-14(11(3)4)7-5-12(13)9-14;1-10(2)12-5-7-13(9-12,8-6-12)11(3)4/h14-15H,6-13H2,1-5H3;10-13H,6-9H2,1-5H3;2*11-13H,5-10H2,1-4H3;10-13H,5-9H2,1-4H3;9-12H,6-8H2,1-5H3;10-12H,5-9H2,1-4H3;10-11H,5-9H2,1-4H3/q8*+1. The number of quaternary nitrogens is 8. The van der Waals surface area contributed by atoms with E-state index in [-0.39, 0.29) is 0 Å². The molecule has 0 amide bonds. The topological polar surface area (TPSA) is 19.4 Å². The number of piperazine rings is 3. The molecular formula is C104H214N14+8. The molecule has 18 rings (SSSR count). The molecule has 14 heteroatoms. The summed E-state index contributed by atoms with van der Waals surface area (Å²) in [4.78, 5) is 16.2. The van der Waals surface area contributed by atoms with Gasteiger partial charge in [0.25, 0.3) is 0 Å². The number of fused-ring (bicyclic) bond motifs is 15. The number of hydrogen-bond donors (Lipinski definition) is 0. The van der Waals surface area contributed by atoms with E-state index in [2.05, 4.69) is 272 Å². The Kier molecular flexibility index (Phi) is 35.2. The van der Waals surface area contributed by atoms with E-state index in [1.807, 2.05) is 0 Å². The molecule has 10 atom stereocenters. The zero-order valence-corrected chi connectivity index (χ0v) is 86.4. The summed E-state index contributed by atoms with van der Waals surface area (Å²) >= 11 is 0. The molecule has 1 spiro atoms. The first-order valence-electron chi connectivity index (χ1n) is 52.3. The fourth-order valence-electron chi connectivity index (χ4n) is 28.5. The number of rotatable bonds is 16. The van der Waals surface area contributed by atoms with Gasteiger partial charge >= 0.3 is 0 Å². The van der Waals surface area contributed by atoms with Gasteiger partial charge in [-0.05, 0) is 243 Å². The molecule has 0 aromatic carbocycles. The highest BCUT2D eigenvalue weighted by Gasteiger charge is 2.59. The third-order valence-electron chi connectivity index (χ3n) is 40.0. The Morgan fingerprint density at radius 1 is 0.288 bits per heavy atom. The first-order valence-corrected chi connectivity index (χ1v) is 52.3. The van der Waals surface area contributed by atoms with Crippen molar-refractivity contribution >= 4 is 0 Å². The second-order valence-corrected chi connectivity index (χ2v) is 50.0. The lowest BCUT2D eigenvalue weighted by atomic mass is 9.70. The Morgan fingerprint density at radius 3 is 1.17 bits per heavy atom. The molecule has 0 N–H and O–H groups in total. The van der Waals surface area contributed by atoms with E-state index in [4.69, 9.17) is 0 Å². The third-order valence-corrected chi connectivity index (χ3v) is 40.0. The van der Waals surface area contributed by atoms with Crippen molar-refractivity contribution in [3.8, 4) is 0 Å². The molecule has 0 aromatic rings. The lowest BCUT2D eigenvalue weighted by molar-refractivity contribution is -0.966. The fourth-order valence-corrected chi connectivity index (χ4v) is 28.5. The van der Waals surface area contributed by atoms with Crippen LogP contribution in [0, 0.1) is 46.3 Å². The second-order valence-electron chi connectivity index (χ2n) is 50.0. The van der Waals surface area contributed by atoms with E-state index in [0.717, 1.165) is 156 Å². The lowest BCUT2D eigenvalue weighted by Gasteiger charge is -2.56. The van der Waals surface area contributed by atoms with Crippen molar-refractivity contribution in [2.45, 2.75) is 426 Å². The lowest BCUT2D eigenvalue weighted by Crippen LogP contribution is -2.66. The maximum Gasteiger partial charge on any atom is 0.104 e. The van der Waals surface area contributed by atoms with Crippen LogP contribution in [0.1, 0.15) is 311 Å². The van der Waals surface area contributed by atoms with Crippen molar-refractivity contribution in [2.24, 2.45) is 46.3 Å². The largest absolute Gasteiger partial charge is 0.324 e. The normalized spacial score (nSPS) is 38.7. The second kappa shape index (κ2) is 41.0. The van der Waals surface area contributed by atoms with Crippen LogP contribution in [0.4, 0.5) is 0 Å². The van der Waals surface area contributed by atoms with Gasteiger partial charge in [-0.15, -0.1) is 0 Å². The maximum absolute atomic E-state index is 2.75. The summed E-state index contributed by atoms with van der Waals surface area (Å²) in [6, 6.07) is 15.5. The quantitative estimate of drug-likeness (QED) is 0.142. The minimum atomic E-state index is 0.706. The minimum absolute atomic E-state index is 0.706. The van der Waals surface area contributed by atoms with Crippen molar-refractivity contribution in [1.82, 2.24) is 29.4 Å². The Bertz CT molecular complexity index is 2890. The van der Waals surface area contributed by atoms with Crippen LogP contribution in [0.5, 0.6) is 0 Å². The van der Waals surface area contributed by atoms with Crippen LogP contribution in [0.15, 0.2) is 0 Å². The highest BCUT2D eigenvalue weighted by molar-refractivity contribution is 4.97. The molecule has 18 aliphatic rings. The molecule has 0 aliphatic carbocycles. The first kappa shape index (κ1) is 101. The Balaban J connectivity index is 0.000000154. The number of likely N-dealkylation sites (N-methyl/N-ethyl adjacent to an activating group) is 1. The summed E-state index contributed by atoms with van der Waals surface area (Å²) in [5.74, 6) is 5.82. The van der Waals surface area contributed by atoms with E-state index in [1.54, 1.807) is 0 Å². The van der Waals surface area contributed by atoms with E-state index in [0.29, 0.717) is 5.41 Å². The molecular weight excluding hydrogens is 1450 g/mol. The molecule has 692 valence electrons. The number of piperidine rings is 7. The molecule has 118 heavy (non-hydrogen) atoms. The molecule has 0 saturated carbocycles. The Morgan fingerprint density at radius 2 is 0.754 bits per heavy atom. The van der Waals surface area contributed by atoms with Gasteiger partial charge < -0.3 is 40.8 Å². The summed E-state index contributed by atoms with van der Waals surface area (Å²) in [5, 5.41) is 0. The molecule has 0 radical (unpaired) electrons. The van der Waals surface area contributed by atoms with Gasteiger partial charge in [0, 0.05) is 175 Å². The third kappa shape index (κ3) is 22.5. The van der Waals surface area contributed by atoms with Gasteiger partial charge in [-0.2, -0.15) is 0 Å². The maximum atomic E-state index is 2.75. The summed E-state index contributed by atoms with van der Waals surface area (Å²) in [5.41, 5.74) is 1.43. The van der Waals surface area contributed by atoms with Crippen LogP contribution in [0.3, 0.4) is 0 Å². The molecule has 14 nitrogen and oxygen atoms in total. The zero-order chi connectivity index (χ0) is 87.6. The van der Waals surface area contributed by atoms with Gasteiger partial charge in [-0.25, -0.2) is 0 Å². The minimum Gasteiger partial charge on any atom is -0.324 e. The van der Waals surface area contributed by atoms with Crippen LogP contribution >= 0.6 is 0 Å². The summed E-state index contributed by atoms with van der Waals surface area (Å²) < 4.78 is 11.0. The van der Waals surface area contributed by atoms with Crippen LogP contribution in [0.2, 0.25) is 0 Å². The molecule has 10 bridgehead atoms. The van der Waals surface area contributed by atoms with E-state index in [1.165, 1.54) is 309 Å². The number of likely N-dealkylation sites (tertiary alicyclic amines) is 6. The van der Waals surface area contributed by atoms with Gasteiger partial charge in [-0.3, -0.25) is 24.5 Å². The van der Waals surface area contributed by atoms with Crippen LogP contribution in [0.25, 0.3) is 0 Å². The van der Waals surface area contributed by atoms with Crippen molar-refractivity contribution in [3.05, 3.63) is 0 Å². The highest BCUT2D eigenvalue weighted by atomic mass is 15.5. The van der Waals surface area contributed by atoms with Gasteiger partial charge in [0.05, 0.1) is 219 Å². The predicted molar refractivity (Wildman–Crippen MR) is 511 cm³/mol. The van der Waals surface area contributed by atoms with Crippen molar-refractivity contribution in [2.75, 3.05) is 204 Å². The predicted octanol–water partition coefficient (Wildman–Crippen LogP) is 18.1. The van der Waals surface area contributed by atoms with Crippen molar-refractivity contribution in [3.63, 3.8) is 0 Å².